The summed E-state index contributed by atoms with van der Waals surface area (Å²) in [6.07, 6.45) is 3.54. The first kappa shape index (κ1) is 16.5. The van der Waals surface area contributed by atoms with Crippen molar-refractivity contribution in [3.63, 3.8) is 0 Å². The van der Waals surface area contributed by atoms with Gasteiger partial charge >= 0.3 is 0 Å². The lowest BCUT2D eigenvalue weighted by Gasteiger charge is -2.12. The van der Waals surface area contributed by atoms with Crippen LogP contribution in [0.3, 0.4) is 0 Å². The zero-order valence-corrected chi connectivity index (χ0v) is 13.7. The molecule has 0 radical (unpaired) electrons. The highest BCUT2D eigenvalue weighted by Gasteiger charge is 2.28. The molecule has 1 fully saturated rings. The molecule has 0 heterocycles. The predicted molar refractivity (Wildman–Crippen MR) is 85.5 cm³/mol. The van der Waals surface area contributed by atoms with Gasteiger partial charge < -0.3 is 5.32 Å². The molecule has 2 rings (SSSR count). The molecule has 5 heteroatoms. The topological polar surface area (TPSA) is 58.2 Å². The van der Waals surface area contributed by atoms with Crippen molar-refractivity contribution in [2.45, 2.75) is 44.6 Å². The van der Waals surface area contributed by atoms with Crippen molar-refractivity contribution in [2.24, 2.45) is 11.8 Å². The van der Waals surface area contributed by atoms with Crippen LogP contribution in [0.4, 0.5) is 0 Å². The van der Waals surface area contributed by atoms with Crippen molar-refractivity contribution >= 4 is 10.0 Å². The Morgan fingerprint density at radius 2 is 2.10 bits per heavy atom. The Morgan fingerprint density at radius 3 is 2.76 bits per heavy atom. The fourth-order valence-electron chi connectivity index (χ4n) is 2.39. The van der Waals surface area contributed by atoms with E-state index < -0.39 is 10.0 Å². The van der Waals surface area contributed by atoms with E-state index in [-0.39, 0.29) is 0 Å². The second kappa shape index (κ2) is 7.38. The fraction of sp³-hybridized carbons (Fsp3) is 0.625. The third kappa shape index (κ3) is 5.09. The van der Waals surface area contributed by atoms with E-state index in [1.54, 1.807) is 12.1 Å². The van der Waals surface area contributed by atoms with Crippen LogP contribution in [0.5, 0.6) is 0 Å². The van der Waals surface area contributed by atoms with Gasteiger partial charge in [-0.3, -0.25) is 0 Å². The first-order chi connectivity index (χ1) is 10.0. The van der Waals surface area contributed by atoms with Crippen LogP contribution in [-0.2, 0) is 16.6 Å². The normalized spacial score (nSPS) is 16.9. The van der Waals surface area contributed by atoms with E-state index in [0.29, 0.717) is 29.8 Å². The Bertz CT molecular complexity index is 553. The SMILES string of the molecule is CCCNCc1cccc(S(=O)(=O)NCC(C)C2CC2)c1. The van der Waals surface area contributed by atoms with Gasteiger partial charge in [-0.15, -0.1) is 0 Å². The molecule has 1 atom stereocenters. The fourth-order valence-corrected chi connectivity index (χ4v) is 3.60. The van der Waals surface area contributed by atoms with Crippen molar-refractivity contribution in [2.75, 3.05) is 13.1 Å². The van der Waals surface area contributed by atoms with Gasteiger partial charge in [0.25, 0.3) is 0 Å². The van der Waals surface area contributed by atoms with Crippen LogP contribution in [0.15, 0.2) is 29.2 Å². The second-order valence-corrected chi connectivity index (χ2v) is 7.76. The molecular formula is C16H26N2O2S. The molecule has 0 bridgehead atoms. The Hall–Kier alpha value is -0.910. The van der Waals surface area contributed by atoms with Crippen LogP contribution in [0, 0.1) is 11.8 Å². The summed E-state index contributed by atoms with van der Waals surface area (Å²) in [6, 6.07) is 7.18. The van der Waals surface area contributed by atoms with Gasteiger partial charge in [-0.05, 0) is 55.3 Å². The molecule has 0 aromatic heterocycles. The minimum atomic E-state index is -3.39. The van der Waals surface area contributed by atoms with Crippen LogP contribution in [0.1, 0.15) is 38.7 Å². The number of rotatable bonds is 9. The molecule has 0 amide bonds. The third-order valence-electron chi connectivity index (χ3n) is 3.99. The van der Waals surface area contributed by atoms with Gasteiger partial charge in [0.1, 0.15) is 0 Å². The maximum atomic E-state index is 12.3. The van der Waals surface area contributed by atoms with E-state index in [4.69, 9.17) is 0 Å². The molecule has 0 aliphatic heterocycles. The summed E-state index contributed by atoms with van der Waals surface area (Å²) in [4.78, 5) is 0.362. The van der Waals surface area contributed by atoms with Crippen molar-refractivity contribution in [1.82, 2.24) is 10.0 Å². The number of hydrogen-bond donors (Lipinski definition) is 2. The monoisotopic (exact) mass is 310 g/mol. The Kier molecular flexibility index (Phi) is 5.79. The molecule has 1 saturated carbocycles. The number of benzene rings is 1. The van der Waals surface area contributed by atoms with Gasteiger partial charge in [0.15, 0.2) is 0 Å². The average Bonchev–Trinajstić information content (AvgIpc) is 3.30. The van der Waals surface area contributed by atoms with Gasteiger partial charge in [0.2, 0.25) is 10.0 Å². The molecule has 21 heavy (non-hydrogen) atoms. The second-order valence-electron chi connectivity index (χ2n) is 5.99. The lowest BCUT2D eigenvalue weighted by atomic mass is 10.1. The van der Waals surface area contributed by atoms with E-state index in [9.17, 15) is 8.42 Å². The molecule has 1 aromatic rings. The molecule has 1 aliphatic rings. The van der Waals surface area contributed by atoms with Gasteiger partial charge in [0, 0.05) is 13.1 Å². The maximum absolute atomic E-state index is 12.3. The first-order valence-electron chi connectivity index (χ1n) is 7.82. The molecule has 1 aliphatic carbocycles. The summed E-state index contributed by atoms with van der Waals surface area (Å²) < 4.78 is 27.4. The summed E-state index contributed by atoms with van der Waals surface area (Å²) in [5.74, 6) is 1.13. The summed E-state index contributed by atoms with van der Waals surface area (Å²) >= 11 is 0. The Balaban J connectivity index is 1.96. The van der Waals surface area contributed by atoms with Crippen LogP contribution < -0.4 is 10.0 Å². The molecule has 1 unspecified atom stereocenters. The Labute approximate surface area is 128 Å². The van der Waals surface area contributed by atoms with Crippen molar-refractivity contribution in [1.29, 1.82) is 0 Å². The van der Waals surface area contributed by atoms with Gasteiger partial charge in [-0.2, -0.15) is 0 Å². The minimum absolute atomic E-state index is 0.362. The largest absolute Gasteiger partial charge is 0.313 e. The zero-order valence-electron chi connectivity index (χ0n) is 12.9. The summed E-state index contributed by atoms with van der Waals surface area (Å²) in [5, 5.41) is 3.29. The zero-order chi connectivity index (χ0) is 15.3. The smallest absolute Gasteiger partial charge is 0.240 e. The molecule has 1 aromatic carbocycles. The van der Waals surface area contributed by atoms with Crippen molar-refractivity contribution in [3.8, 4) is 0 Å². The summed E-state index contributed by atoms with van der Waals surface area (Å²) in [6.45, 7) is 6.40. The van der Waals surface area contributed by atoms with Crippen LogP contribution in [-0.4, -0.2) is 21.5 Å². The Morgan fingerprint density at radius 1 is 1.33 bits per heavy atom. The standard InChI is InChI=1S/C16H26N2O2S/c1-3-9-17-12-14-5-4-6-16(10-14)21(19,20)18-11-13(2)15-7-8-15/h4-6,10,13,15,17-18H,3,7-9,11-12H2,1-2H3. The number of nitrogens with one attached hydrogen (secondary N) is 2. The average molecular weight is 310 g/mol. The van der Waals surface area contributed by atoms with E-state index in [0.717, 1.165) is 18.5 Å². The molecule has 0 spiro atoms. The van der Waals surface area contributed by atoms with E-state index >= 15 is 0 Å². The number of sulfonamides is 1. The van der Waals surface area contributed by atoms with Crippen LogP contribution >= 0.6 is 0 Å². The highest BCUT2D eigenvalue weighted by molar-refractivity contribution is 7.89. The lowest BCUT2D eigenvalue weighted by molar-refractivity contribution is 0.492. The molecule has 118 valence electrons. The first-order valence-corrected chi connectivity index (χ1v) is 9.30. The number of hydrogen-bond acceptors (Lipinski definition) is 3. The maximum Gasteiger partial charge on any atom is 0.240 e. The molecule has 2 N–H and O–H groups in total. The van der Waals surface area contributed by atoms with Gasteiger partial charge in [-0.25, -0.2) is 13.1 Å². The van der Waals surface area contributed by atoms with Gasteiger partial charge in [-0.1, -0.05) is 26.0 Å². The predicted octanol–water partition coefficient (Wildman–Crippen LogP) is 2.51. The van der Waals surface area contributed by atoms with E-state index in [1.165, 1.54) is 12.8 Å². The van der Waals surface area contributed by atoms with Crippen LogP contribution in [0.2, 0.25) is 0 Å². The van der Waals surface area contributed by atoms with Crippen molar-refractivity contribution < 1.29 is 8.42 Å². The van der Waals surface area contributed by atoms with E-state index in [1.807, 2.05) is 12.1 Å². The third-order valence-corrected chi connectivity index (χ3v) is 5.41. The molecule has 0 saturated heterocycles. The lowest BCUT2D eigenvalue weighted by Crippen LogP contribution is -2.29. The minimum Gasteiger partial charge on any atom is -0.313 e. The highest BCUT2D eigenvalue weighted by Crippen LogP contribution is 2.36. The summed E-state index contributed by atoms with van der Waals surface area (Å²) in [7, 11) is -3.39. The van der Waals surface area contributed by atoms with Crippen LogP contribution in [0.25, 0.3) is 0 Å². The molecule has 4 nitrogen and oxygen atoms in total. The molecular weight excluding hydrogens is 284 g/mol. The quantitative estimate of drug-likeness (QED) is 0.689. The highest BCUT2D eigenvalue weighted by atomic mass is 32.2. The van der Waals surface area contributed by atoms with Crippen molar-refractivity contribution in [3.05, 3.63) is 29.8 Å². The summed E-state index contributed by atoms with van der Waals surface area (Å²) in [5.41, 5.74) is 1.00. The van der Waals surface area contributed by atoms with E-state index in [2.05, 4.69) is 23.9 Å². The van der Waals surface area contributed by atoms with Gasteiger partial charge in [0.05, 0.1) is 4.90 Å².